The van der Waals surface area contributed by atoms with Crippen molar-refractivity contribution in [1.82, 2.24) is 25.1 Å². The van der Waals surface area contributed by atoms with E-state index in [2.05, 4.69) is 20.5 Å². The van der Waals surface area contributed by atoms with Crippen molar-refractivity contribution in [2.45, 2.75) is 31.0 Å². The van der Waals surface area contributed by atoms with Crippen LogP contribution in [0.4, 0.5) is 0 Å². The second kappa shape index (κ2) is 8.25. The van der Waals surface area contributed by atoms with Crippen LogP contribution in [0.2, 0.25) is 0 Å². The van der Waals surface area contributed by atoms with E-state index in [9.17, 15) is 8.42 Å². The highest BCUT2D eigenvalue weighted by molar-refractivity contribution is 7.90. The van der Waals surface area contributed by atoms with E-state index < -0.39 is 9.84 Å². The summed E-state index contributed by atoms with van der Waals surface area (Å²) in [6, 6.07) is 19.7. The van der Waals surface area contributed by atoms with Crippen LogP contribution in [-0.2, 0) is 22.1 Å². The van der Waals surface area contributed by atoms with E-state index in [4.69, 9.17) is 4.52 Å². The number of hydrogen-bond acceptors (Lipinski definition) is 7. The fourth-order valence-corrected chi connectivity index (χ4v) is 4.98. The van der Waals surface area contributed by atoms with Gasteiger partial charge in [0.15, 0.2) is 9.84 Å². The topological polar surface area (TPSA) is 104 Å². The molecule has 0 saturated heterocycles. The number of hydrogen-bond donors (Lipinski definition) is 0. The first-order chi connectivity index (χ1) is 15.9. The predicted molar refractivity (Wildman–Crippen MR) is 124 cm³/mol. The molecule has 2 heterocycles. The predicted octanol–water partition coefficient (Wildman–Crippen LogP) is 4.45. The molecule has 33 heavy (non-hydrogen) atoms. The molecule has 166 valence electrons. The first-order valence-electron chi connectivity index (χ1n) is 10.5. The van der Waals surface area contributed by atoms with Crippen molar-refractivity contribution in [1.29, 1.82) is 0 Å². The highest BCUT2D eigenvalue weighted by atomic mass is 32.2. The quantitative estimate of drug-likeness (QED) is 0.369. The molecule has 0 amide bonds. The van der Waals surface area contributed by atoms with Gasteiger partial charge in [-0.1, -0.05) is 40.2 Å². The van der Waals surface area contributed by atoms with Gasteiger partial charge in [-0.3, -0.25) is 0 Å². The zero-order valence-corrected chi connectivity index (χ0v) is 19.0. The van der Waals surface area contributed by atoms with Gasteiger partial charge in [-0.05, 0) is 61.9 Å². The normalized spacial score (nSPS) is 11.8. The Kier molecular flexibility index (Phi) is 5.26. The average Bonchev–Trinajstić information content (AvgIpc) is 3.46. The van der Waals surface area contributed by atoms with Crippen LogP contribution in [0.25, 0.3) is 33.9 Å². The zero-order chi connectivity index (χ0) is 23.0. The van der Waals surface area contributed by atoms with Crippen molar-refractivity contribution in [2.24, 2.45) is 0 Å². The third-order valence-electron chi connectivity index (χ3n) is 5.41. The van der Waals surface area contributed by atoms with Crippen molar-refractivity contribution in [3.05, 3.63) is 77.9 Å². The van der Waals surface area contributed by atoms with E-state index in [1.165, 1.54) is 0 Å². The molecule has 0 unspecified atom stereocenters. The molecule has 8 nitrogen and oxygen atoms in total. The second-order valence-corrected chi connectivity index (χ2v) is 9.79. The summed E-state index contributed by atoms with van der Waals surface area (Å²) >= 11 is 0. The Morgan fingerprint density at radius 1 is 0.970 bits per heavy atom. The smallest absolute Gasteiger partial charge is 0.258 e. The van der Waals surface area contributed by atoms with E-state index in [0.29, 0.717) is 27.7 Å². The molecule has 5 rings (SSSR count). The lowest BCUT2D eigenvalue weighted by Gasteiger charge is -2.06. The van der Waals surface area contributed by atoms with Crippen LogP contribution < -0.4 is 0 Å². The number of nitrogens with zero attached hydrogens (tertiary/aromatic N) is 5. The molecule has 0 atom stereocenters. The molecule has 2 aromatic heterocycles. The fourth-order valence-electron chi connectivity index (χ4n) is 3.65. The molecular formula is C24H21N5O3S. The standard InChI is InChI=1S/C24H21N5O3S/c1-3-29-22-12-9-18(14-21(22)26-28-29)23-25-24(32-27-23)19-6-4-5-17(13-19)15-33(30,31)20-10-7-16(2)8-11-20/h4-14H,3,15H2,1-2H3. The lowest BCUT2D eigenvalue weighted by atomic mass is 10.1. The third kappa shape index (κ3) is 4.14. The van der Waals surface area contributed by atoms with Gasteiger partial charge < -0.3 is 4.52 Å². The van der Waals surface area contributed by atoms with Gasteiger partial charge in [0, 0.05) is 17.7 Å². The molecule has 5 aromatic rings. The Balaban J connectivity index is 1.41. The van der Waals surface area contributed by atoms with Gasteiger partial charge in [-0.2, -0.15) is 4.98 Å². The average molecular weight is 460 g/mol. The number of aromatic nitrogens is 5. The van der Waals surface area contributed by atoms with E-state index >= 15 is 0 Å². The van der Waals surface area contributed by atoms with Gasteiger partial charge >= 0.3 is 0 Å². The number of benzene rings is 3. The Labute approximate surface area is 190 Å². The van der Waals surface area contributed by atoms with Gasteiger partial charge in [0.2, 0.25) is 5.82 Å². The second-order valence-electron chi connectivity index (χ2n) is 7.80. The van der Waals surface area contributed by atoms with Crippen LogP contribution in [0, 0.1) is 6.92 Å². The van der Waals surface area contributed by atoms with Gasteiger partial charge in [0.1, 0.15) is 5.52 Å². The van der Waals surface area contributed by atoms with E-state index in [1.54, 1.807) is 42.5 Å². The van der Waals surface area contributed by atoms with Crippen molar-refractivity contribution < 1.29 is 12.9 Å². The third-order valence-corrected chi connectivity index (χ3v) is 7.11. The number of fused-ring (bicyclic) bond motifs is 1. The Bertz CT molecular complexity index is 1550. The summed E-state index contributed by atoms with van der Waals surface area (Å²) in [6.07, 6.45) is 0. The molecule has 0 aliphatic carbocycles. The molecule has 0 saturated carbocycles. The van der Waals surface area contributed by atoms with Crippen molar-refractivity contribution >= 4 is 20.9 Å². The van der Waals surface area contributed by atoms with Crippen LogP contribution >= 0.6 is 0 Å². The minimum Gasteiger partial charge on any atom is -0.334 e. The summed E-state index contributed by atoms with van der Waals surface area (Å²) in [4.78, 5) is 4.81. The number of sulfone groups is 1. The molecule has 9 heteroatoms. The molecule has 0 fully saturated rings. The maximum absolute atomic E-state index is 12.8. The van der Waals surface area contributed by atoms with E-state index in [1.807, 2.05) is 42.8 Å². The van der Waals surface area contributed by atoms with Gasteiger partial charge in [0.25, 0.3) is 5.89 Å². The lowest BCUT2D eigenvalue weighted by molar-refractivity contribution is 0.432. The Morgan fingerprint density at radius 3 is 2.58 bits per heavy atom. The summed E-state index contributed by atoms with van der Waals surface area (Å²) in [5.41, 5.74) is 4.77. The summed E-state index contributed by atoms with van der Waals surface area (Å²) in [5, 5.41) is 12.4. The molecule has 0 N–H and O–H groups in total. The molecule has 0 aliphatic heterocycles. The molecular weight excluding hydrogens is 438 g/mol. The van der Waals surface area contributed by atoms with Crippen LogP contribution in [0.3, 0.4) is 0 Å². The first-order valence-corrected chi connectivity index (χ1v) is 12.1. The lowest BCUT2D eigenvalue weighted by Crippen LogP contribution is -2.05. The van der Waals surface area contributed by atoms with Crippen molar-refractivity contribution in [2.75, 3.05) is 0 Å². The molecule has 0 radical (unpaired) electrons. The largest absolute Gasteiger partial charge is 0.334 e. The van der Waals surface area contributed by atoms with Gasteiger partial charge in [-0.15, -0.1) is 5.10 Å². The SMILES string of the molecule is CCn1nnc2cc(-c3noc(-c4cccc(CS(=O)(=O)c5ccc(C)cc5)c4)n3)ccc21. The zero-order valence-electron chi connectivity index (χ0n) is 18.1. The van der Waals surface area contributed by atoms with Crippen LogP contribution in [-0.4, -0.2) is 33.6 Å². The van der Waals surface area contributed by atoms with Gasteiger partial charge in [0.05, 0.1) is 16.2 Å². The fraction of sp³-hybridized carbons (Fsp3) is 0.167. The number of rotatable bonds is 6. The van der Waals surface area contributed by atoms with Crippen LogP contribution in [0.5, 0.6) is 0 Å². The summed E-state index contributed by atoms with van der Waals surface area (Å²) in [6.45, 7) is 4.66. The summed E-state index contributed by atoms with van der Waals surface area (Å²) < 4.78 is 32.9. The summed E-state index contributed by atoms with van der Waals surface area (Å²) in [7, 11) is -3.47. The van der Waals surface area contributed by atoms with Crippen LogP contribution in [0.1, 0.15) is 18.1 Å². The summed E-state index contributed by atoms with van der Waals surface area (Å²) in [5.74, 6) is 0.627. The van der Waals surface area contributed by atoms with E-state index in [-0.39, 0.29) is 5.75 Å². The monoisotopic (exact) mass is 459 g/mol. The first kappa shape index (κ1) is 21.0. The maximum atomic E-state index is 12.8. The molecule has 3 aromatic carbocycles. The minimum absolute atomic E-state index is 0.116. The highest BCUT2D eigenvalue weighted by Gasteiger charge is 2.17. The van der Waals surface area contributed by atoms with Gasteiger partial charge in [-0.25, -0.2) is 13.1 Å². The molecule has 0 spiro atoms. The minimum atomic E-state index is -3.47. The van der Waals surface area contributed by atoms with Crippen molar-refractivity contribution in [3.8, 4) is 22.8 Å². The van der Waals surface area contributed by atoms with Crippen molar-refractivity contribution in [3.63, 3.8) is 0 Å². The van der Waals surface area contributed by atoms with Crippen LogP contribution in [0.15, 0.2) is 76.1 Å². The Hall–Kier alpha value is -3.85. The molecule has 0 bridgehead atoms. The van der Waals surface area contributed by atoms with E-state index in [0.717, 1.165) is 28.7 Å². The Morgan fingerprint density at radius 2 is 1.79 bits per heavy atom. The maximum Gasteiger partial charge on any atom is 0.258 e. The highest BCUT2D eigenvalue weighted by Crippen LogP contribution is 2.26. The molecule has 0 aliphatic rings. The number of aryl methyl sites for hydroxylation is 2.